The molecule has 1 unspecified atom stereocenters. The molecular formula is C13H20N2O. The second-order valence-electron chi connectivity index (χ2n) is 4.10. The van der Waals surface area contributed by atoms with Gasteiger partial charge >= 0.3 is 0 Å². The Morgan fingerprint density at radius 3 is 2.69 bits per heavy atom. The van der Waals surface area contributed by atoms with Crippen LogP contribution in [0.15, 0.2) is 24.3 Å². The van der Waals surface area contributed by atoms with E-state index in [1.165, 1.54) is 13.3 Å². The van der Waals surface area contributed by atoms with Gasteiger partial charge in [-0.1, -0.05) is 19.4 Å². The molecule has 1 atom stereocenters. The number of rotatable bonds is 5. The molecule has 1 amide bonds. The monoisotopic (exact) mass is 220 g/mol. The summed E-state index contributed by atoms with van der Waals surface area (Å²) in [6, 6.07) is 8.24. The average molecular weight is 220 g/mol. The van der Waals surface area contributed by atoms with Crippen LogP contribution in [0.1, 0.15) is 33.6 Å². The molecule has 0 saturated carbocycles. The lowest BCUT2D eigenvalue weighted by atomic mass is 10.2. The third-order valence-corrected chi connectivity index (χ3v) is 2.32. The molecule has 1 aromatic rings. The van der Waals surface area contributed by atoms with Crippen LogP contribution in [-0.4, -0.2) is 11.9 Å². The maximum atomic E-state index is 10.9. The van der Waals surface area contributed by atoms with Gasteiger partial charge in [0.1, 0.15) is 0 Å². The van der Waals surface area contributed by atoms with Gasteiger partial charge in [-0.15, -0.1) is 0 Å². The molecule has 1 aromatic carbocycles. The van der Waals surface area contributed by atoms with Crippen LogP contribution in [0.3, 0.4) is 0 Å². The van der Waals surface area contributed by atoms with Gasteiger partial charge in [-0.25, -0.2) is 0 Å². The average Bonchev–Trinajstić information content (AvgIpc) is 2.17. The Labute approximate surface area is 97.2 Å². The molecule has 0 aliphatic carbocycles. The van der Waals surface area contributed by atoms with E-state index in [0.29, 0.717) is 6.04 Å². The van der Waals surface area contributed by atoms with Gasteiger partial charge in [0.15, 0.2) is 0 Å². The predicted molar refractivity (Wildman–Crippen MR) is 68.7 cm³/mol. The molecule has 0 aliphatic heterocycles. The van der Waals surface area contributed by atoms with Crippen molar-refractivity contribution in [2.24, 2.45) is 0 Å². The van der Waals surface area contributed by atoms with E-state index in [1.807, 2.05) is 24.3 Å². The standard InChI is InChI=1S/C13H20N2O/c1-4-6-10(2)14-12-7-5-8-13(9-12)15-11(3)16/h5,7-10,14H,4,6H2,1-3H3,(H,15,16). The Bertz CT molecular complexity index is 350. The summed E-state index contributed by atoms with van der Waals surface area (Å²) < 4.78 is 0. The second-order valence-corrected chi connectivity index (χ2v) is 4.10. The summed E-state index contributed by atoms with van der Waals surface area (Å²) in [4.78, 5) is 10.9. The molecule has 3 heteroatoms. The molecule has 16 heavy (non-hydrogen) atoms. The normalized spacial score (nSPS) is 11.9. The summed E-state index contributed by atoms with van der Waals surface area (Å²) >= 11 is 0. The summed E-state index contributed by atoms with van der Waals surface area (Å²) in [7, 11) is 0. The van der Waals surface area contributed by atoms with E-state index in [2.05, 4.69) is 24.5 Å². The minimum absolute atomic E-state index is 0.0428. The van der Waals surface area contributed by atoms with E-state index in [0.717, 1.165) is 17.8 Å². The van der Waals surface area contributed by atoms with Crippen molar-refractivity contribution in [1.82, 2.24) is 0 Å². The fourth-order valence-electron chi connectivity index (χ4n) is 1.68. The first-order valence-corrected chi connectivity index (χ1v) is 5.76. The van der Waals surface area contributed by atoms with Gasteiger partial charge in [0.05, 0.1) is 0 Å². The van der Waals surface area contributed by atoms with Gasteiger partial charge in [-0.3, -0.25) is 4.79 Å². The number of nitrogens with one attached hydrogen (secondary N) is 2. The van der Waals surface area contributed by atoms with E-state index in [9.17, 15) is 4.79 Å². The Balaban J connectivity index is 2.63. The Hall–Kier alpha value is -1.51. The number of amides is 1. The number of carbonyl (C=O) groups is 1. The van der Waals surface area contributed by atoms with E-state index >= 15 is 0 Å². The van der Waals surface area contributed by atoms with Gasteiger partial charge in [0.25, 0.3) is 0 Å². The van der Waals surface area contributed by atoms with Crippen molar-refractivity contribution in [3.63, 3.8) is 0 Å². The van der Waals surface area contributed by atoms with Gasteiger partial charge in [0, 0.05) is 24.3 Å². The number of hydrogen-bond acceptors (Lipinski definition) is 2. The molecule has 0 fully saturated rings. The fourth-order valence-corrected chi connectivity index (χ4v) is 1.68. The molecule has 1 rings (SSSR count). The highest BCUT2D eigenvalue weighted by Gasteiger charge is 2.01. The quantitative estimate of drug-likeness (QED) is 0.799. The van der Waals surface area contributed by atoms with Crippen LogP contribution >= 0.6 is 0 Å². The molecular weight excluding hydrogens is 200 g/mol. The molecule has 0 aromatic heterocycles. The zero-order chi connectivity index (χ0) is 12.0. The van der Waals surface area contributed by atoms with Crippen molar-refractivity contribution in [1.29, 1.82) is 0 Å². The van der Waals surface area contributed by atoms with Gasteiger partial charge in [-0.05, 0) is 31.5 Å². The lowest BCUT2D eigenvalue weighted by Gasteiger charge is -2.15. The zero-order valence-electron chi connectivity index (χ0n) is 10.2. The van der Waals surface area contributed by atoms with Crippen LogP contribution in [0, 0.1) is 0 Å². The van der Waals surface area contributed by atoms with Crippen molar-refractivity contribution in [3.8, 4) is 0 Å². The van der Waals surface area contributed by atoms with Crippen LogP contribution < -0.4 is 10.6 Å². The highest BCUT2D eigenvalue weighted by molar-refractivity contribution is 5.89. The highest BCUT2D eigenvalue weighted by atomic mass is 16.1. The van der Waals surface area contributed by atoms with Crippen molar-refractivity contribution in [2.75, 3.05) is 10.6 Å². The summed E-state index contributed by atoms with van der Waals surface area (Å²) in [6.45, 7) is 5.85. The fraction of sp³-hybridized carbons (Fsp3) is 0.462. The van der Waals surface area contributed by atoms with Gasteiger partial charge in [-0.2, -0.15) is 0 Å². The molecule has 0 heterocycles. The van der Waals surface area contributed by atoms with E-state index in [-0.39, 0.29) is 5.91 Å². The molecule has 0 spiro atoms. The maximum Gasteiger partial charge on any atom is 0.221 e. The summed E-state index contributed by atoms with van der Waals surface area (Å²) in [5.74, 6) is -0.0428. The lowest BCUT2D eigenvalue weighted by Crippen LogP contribution is -2.14. The zero-order valence-corrected chi connectivity index (χ0v) is 10.2. The first-order valence-electron chi connectivity index (χ1n) is 5.76. The topological polar surface area (TPSA) is 41.1 Å². The largest absolute Gasteiger partial charge is 0.383 e. The summed E-state index contributed by atoms with van der Waals surface area (Å²) in [5.41, 5.74) is 1.88. The third kappa shape index (κ3) is 4.34. The van der Waals surface area contributed by atoms with Crippen molar-refractivity contribution in [3.05, 3.63) is 24.3 Å². The SMILES string of the molecule is CCCC(C)Nc1cccc(NC(C)=O)c1. The molecule has 88 valence electrons. The Morgan fingerprint density at radius 2 is 2.06 bits per heavy atom. The van der Waals surface area contributed by atoms with Gasteiger partial charge < -0.3 is 10.6 Å². The molecule has 0 bridgehead atoms. The lowest BCUT2D eigenvalue weighted by molar-refractivity contribution is -0.114. The first-order chi connectivity index (χ1) is 7.61. The van der Waals surface area contributed by atoms with Crippen molar-refractivity contribution in [2.45, 2.75) is 39.7 Å². The second kappa shape index (κ2) is 6.16. The van der Waals surface area contributed by atoms with E-state index in [1.54, 1.807) is 0 Å². The van der Waals surface area contributed by atoms with Crippen LogP contribution in [0.2, 0.25) is 0 Å². The number of carbonyl (C=O) groups excluding carboxylic acids is 1. The van der Waals surface area contributed by atoms with Crippen molar-refractivity contribution >= 4 is 17.3 Å². The van der Waals surface area contributed by atoms with E-state index in [4.69, 9.17) is 0 Å². The molecule has 0 aliphatic rings. The first kappa shape index (κ1) is 12.6. The van der Waals surface area contributed by atoms with Crippen LogP contribution in [0.4, 0.5) is 11.4 Å². The molecule has 0 radical (unpaired) electrons. The Kier molecular flexibility index (Phi) is 4.83. The Morgan fingerprint density at radius 1 is 1.38 bits per heavy atom. The number of anilines is 2. The summed E-state index contributed by atoms with van der Waals surface area (Å²) in [5, 5.41) is 6.18. The maximum absolute atomic E-state index is 10.9. The van der Waals surface area contributed by atoms with Crippen LogP contribution in [0.25, 0.3) is 0 Å². The molecule has 0 saturated heterocycles. The number of hydrogen-bond donors (Lipinski definition) is 2. The molecule has 3 nitrogen and oxygen atoms in total. The highest BCUT2D eigenvalue weighted by Crippen LogP contribution is 2.16. The van der Waals surface area contributed by atoms with Crippen LogP contribution in [-0.2, 0) is 4.79 Å². The minimum atomic E-state index is -0.0428. The van der Waals surface area contributed by atoms with Crippen LogP contribution in [0.5, 0.6) is 0 Å². The smallest absolute Gasteiger partial charge is 0.221 e. The third-order valence-electron chi connectivity index (χ3n) is 2.32. The predicted octanol–water partition coefficient (Wildman–Crippen LogP) is 3.25. The van der Waals surface area contributed by atoms with Gasteiger partial charge in [0.2, 0.25) is 5.91 Å². The van der Waals surface area contributed by atoms with E-state index < -0.39 is 0 Å². The summed E-state index contributed by atoms with van der Waals surface area (Å²) in [6.07, 6.45) is 2.31. The van der Waals surface area contributed by atoms with Crippen molar-refractivity contribution < 1.29 is 4.79 Å². The minimum Gasteiger partial charge on any atom is -0.383 e. The number of benzene rings is 1. The molecule has 2 N–H and O–H groups in total.